The van der Waals surface area contributed by atoms with Crippen LogP contribution in [0.15, 0.2) is 17.0 Å². The number of anilines is 1. The number of hydrogen-bond acceptors (Lipinski definition) is 5. The summed E-state index contributed by atoms with van der Waals surface area (Å²) in [5.41, 5.74) is 3.24. The lowest BCUT2D eigenvalue weighted by Crippen LogP contribution is -2.13. The molecule has 2 heterocycles. The maximum atomic E-state index is 12.4. The highest BCUT2D eigenvalue weighted by atomic mass is 32.1. The number of aromatic nitrogens is 2. The summed E-state index contributed by atoms with van der Waals surface area (Å²) in [6, 6.07) is 3.92. The molecule has 0 bridgehead atoms. The topological polar surface area (TPSA) is 87.8 Å². The predicted octanol–water partition coefficient (Wildman–Crippen LogP) is 3.97. The summed E-state index contributed by atoms with van der Waals surface area (Å²) in [5, 5.41) is 13.8. The Morgan fingerprint density at radius 3 is 2.65 bits per heavy atom. The maximum absolute atomic E-state index is 12.4. The number of nitrogens with zero attached hydrogens (tertiary/aromatic N) is 3. The van der Waals surface area contributed by atoms with Crippen molar-refractivity contribution in [1.29, 1.82) is 5.26 Å². The molecule has 0 aliphatic heterocycles. The van der Waals surface area contributed by atoms with Crippen LogP contribution in [0.25, 0.3) is 6.08 Å². The summed E-state index contributed by atoms with van der Waals surface area (Å²) >= 11 is 1.15. The molecule has 2 aromatic rings. The summed E-state index contributed by atoms with van der Waals surface area (Å²) in [5.74, 6) is -0.211. The molecule has 0 aliphatic carbocycles. The highest BCUT2D eigenvalue weighted by molar-refractivity contribution is 7.14. The fourth-order valence-corrected chi connectivity index (χ4v) is 3.33. The van der Waals surface area contributed by atoms with Crippen molar-refractivity contribution >= 4 is 34.2 Å². The lowest BCUT2D eigenvalue weighted by Gasteiger charge is -2.12. The van der Waals surface area contributed by atoms with Crippen LogP contribution in [-0.4, -0.2) is 21.2 Å². The number of nitriles is 1. The Morgan fingerprint density at radius 1 is 1.42 bits per heavy atom. The molecule has 26 heavy (non-hydrogen) atoms. The number of hydrogen-bond donors (Lipinski definition) is 1. The largest absolute Gasteiger partial charge is 0.348 e. The Morgan fingerprint density at radius 2 is 2.12 bits per heavy atom. The average molecular weight is 370 g/mol. The Kier molecular flexibility index (Phi) is 6.11. The number of aryl methyl sites for hydroxylation is 1. The molecular formula is C19H22N4O2S. The van der Waals surface area contributed by atoms with Gasteiger partial charge in [-0.05, 0) is 37.5 Å². The summed E-state index contributed by atoms with van der Waals surface area (Å²) in [7, 11) is 0. The molecule has 0 unspecified atom stereocenters. The van der Waals surface area contributed by atoms with Gasteiger partial charge in [-0.3, -0.25) is 14.9 Å². The first-order valence-corrected chi connectivity index (χ1v) is 9.17. The number of ketones is 1. The fourth-order valence-electron chi connectivity index (χ4n) is 2.58. The van der Waals surface area contributed by atoms with E-state index in [1.165, 1.54) is 6.92 Å². The SMILES string of the molecule is CC(=O)c1csc(NC(=O)/C(C#N)=C/c2cc(C)n(CC(C)C)c2C)n1. The van der Waals surface area contributed by atoms with Crippen molar-refractivity contribution in [3.05, 3.63) is 39.7 Å². The smallest absolute Gasteiger partial charge is 0.268 e. The number of rotatable bonds is 6. The molecule has 136 valence electrons. The van der Waals surface area contributed by atoms with E-state index in [0.717, 1.165) is 34.8 Å². The van der Waals surface area contributed by atoms with Gasteiger partial charge in [0.15, 0.2) is 10.9 Å². The second-order valence-corrected chi connectivity index (χ2v) is 7.41. The molecule has 0 aromatic carbocycles. The fraction of sp³-hybridized carbons (Fsp3) is 0.368. The van der Waals surface area contributed by atoms with Crippen LogP contribution in [0.2, 0.25) is 0 Å². The molecule has 2 aromatic heterocycles. The van der Waals surface area contributed by atoms with Crippen molar-refractivity contribution in [1.82, 2.24) is 9.55 Å². The quantitative estimate of drug-likeness (QED) is 0.473. The van der Waals surface area contributed by atoms with Crippen molar-refractivity contribution in [2.45, 2.75) is 41.2 Å². The number of carbonyl (C=O) groups excluding carboxylic acids is 2. The van der Waals surface area contributed by atoms with Crippen LogP contribution in [-0.2, 0) is 11.3 Å². The minimum atomic E-state index is -0.536. The third-order valence-corrected chi connectivity index (χ3v) is 4.67. The third-order valence-electron chi connectivity index (χ3n) is 3.91. The average Bonchev–Trinajstić information content (AvgIpc) is 3.12. The van der Waals surface area contributed by atoms with Crippen molar-refractivity contribution in [2.75, 3.05) is 5.32 Å². The molecule has 0 saturated heterocycles. The number of nitrogens with one attached hydrogen (secondary N) is 1. The van der Waals surface area contributed by atoms with Crippen molar-refractivity contribution in [3.63, 3.8) is 0 Å². The zero-order valence-corrected chi connectivity index (χ0v) is 16.4. The molecule has 0 spiro atoms. The number of Topliss-reactive ketones (excluding diaryl/α,β-unsaturated/α-hetero) is 1. The van der Waals surface area contributed by atoms with Crippen molar-refractivity contribution in [3.8, 4) is 6.07 Å². The standard InChI is InChI=1S/C19H22N4O2S/c1-11(2)9-23-12(3)6-15(13(23)4)7-16(8-20)18(25)22-19-21-17(10-26-19)14(5)24/h6-7,10-11H,9H2,1-5H3,(H,21,22,25)/b16-7+. The lowest BCUT2D eigenvalue weighted by atomic mass is 10.1. The van der Waals surface area contributed by atoms with E-state index in [1.807, 2.05) is 26.0 Å². The van der Waals surface area contributed by atoms with Gasteiger partial charge >= 0.3 is 0 Å². The van der Waals surface area contributed by atoms with Gasteiger partial charge in [0.1, 0.15) is 17.3 Å². The number of thiazole rings is 1. The molecule has 0 radical (unpaired) electrons. The van der Waals surface area contributed by atoms with Gasteiger partial charge < -0.3 is 4.57 Å². The predicted molar refractivity (Wildman–Crippen MR) is 103 cm³/mol. The van der Waals surface area contributed by atoms with Crippen LogP contribution in [0.3, 0.4) is 0 Å². The van der Waals surface area contributed by atoms with E-state index in [-0.39, 0.29) is 11.4 Å². The van der Waals surface area contributed by atoms with Gasteiger partial charge in [0.2, 0.25) is 0 Å². The number of amides is 1. The molecule has 6 nitrogen and oxygen atoms in total. The van der Waals surface area contributed by atoms with Crippen LogP contribution in [0.1, 0.15) is 48.2 Å². The van der Waals surface area contributed by atoms with Gasteiger partial charge in [-0.1, -0.05) is 13.8 Å². The molecule has 0 fully saturated rings. The van der Waals surface area contributed by atoms with Crippen LogP contribution in [0.5, 0.6) is 0 Å². The Balaban J connectivity index is 2.25. The minimum Gasteiger partial charge on any atom is -0.348 e. The monoisotopic (exact) mass is 370 g/mol. The second-order valence-electron chi connectivity index (χ2n) is 6.55. The van der Waals surface area contributed by atoms with E-state index in [2.05, 4.69) is 28.7 Å². The van der Waals surface area contributed by atoms with E-state index in [1.54, 1.807) is 11.5 Å². The number of carbonyl (C=O) groups is 2. The van der Waals surface area contributed by atoms with Crippen LogP contribution >= 0.6 is 11.3 Å². The van der Waals surface area contributed by atoms with Gasteiger partial charge in [-0.15, -0.1) is 11.3 Å². The molecule has 1 amide bonds. The van der Waals surface area contributed by atoms with E-state index in [9.17, 15) is 14.9 Å². The van der Waals surface area contributed by atoms with Gasteiger partial charge in [-0.25, -0.2) is 4.98 Å². The van der Waals surface area contributed by atoms with Crippen molar-refractivity contribution in [2.24, 2.45) is 5.92 Å². The zero-order chi connectivity index (χ0) is 19.4. The van der Waals surface area contributed by atoms with Gasteiger partial charge in [0, 0.05) is 30.2 Å². The minimum absolute atomic E-state index is 0.00521. The molecule has 0 atom stereocenters. The lowest BCUT2D eigenvalue weighted by molar-refractivity contribution is -0.112. The van der Waals surface area contributed by atoms with Gasteiger partial charge in [0.25, 0.3) is 5.91 Å². The van der Waals surface area contributed by atoms with E-state index < -0.39 is 5.91 Å². The van der Waals surface area contributed by atoms with Crippen LogP contribution in [0.4, 0.5) is 5.13 Å². The normalized spacial score (nSPS) is 11.5. The summed E-state index contributed by atoms with van der Waals surface area (Å²) in [6.07, 6.45) is 1.59. The first-order chi connectivity index (χ1) is 12.2. The third kappa shape index (κ3) is 4.46. The first-order valence-electron chi connectivity index (χ1n) is 8.29. The van der Waals surface area contributed by atoms with E-state index in [4.69, 9.17) is 0 Å². The molecule has 2 rings (SSSR count). The second kappa shape index (κ2) is 8.11. The Hall–Kier alpha value is -2.72. The molecular weight excluding hydrogens is 348 g/mol. The van der Waals surface area contributed by atoms with Crippen molar-refractivity contribution < 1.29 is 9.59 Å². The summed E-state index contributed by atoms with van der Waals surface area (Å²) in [4.78, 5) is 27.7. The highest BCUT2D eigenvalue weighted by Gasteiger charge is 2.15. The molecule has 1 N–H and O–H groups in total. The van der Waals surface area contributed by atoms with E-state index >= 15 is 0 Å². The van der Waals surface area contributed by atoms with Gasteiger partial charge in [-0.2, -0.15) is 5.26 Å². The van der Waals surface area contributed by atoms with Crippen LogP contribution in [0, 0.1) is 31.1 Å². The Labute approximate surface area is 157 Å². The summed E-state index contributed by atoms with van der Waals surface area (Å²) < 4.78 is 2.18. The molecule has 7 heteroatoms. The zero-order valence-electron chi connectivity index (χ0n) is 15.6. The summed E-state index contributed by atoms with van der Waals surface area (Å²) in [6.45, 7) is 10.6. The molecule has 0 saturated carbocycles. The Bertz CT molecular complexity index is 913. The van der Waals surface area contributed by atoms with E-state index in [0.29, 0.717) is 16.7 Å². The van der Waals surface area contributed by atoms with Gasteiger partial charge in [0.05, 0.1) is 0 Å². The maximum Gasteiger partial charge on any atom is 0.268 e. The molecule has 0 aliphatic rings. The van der Waals surface area contributed by atoms with Crippen LogP contribution < -0.4 is 5.32 Å². The highest BCUT2D eigenvalue weighted by Crippen LogP contribution is 2.21. The first kappa shape index (κ1) is 19.6.